The Morgan fingerprint density at radius 3 is 2.64 bits per heavy atom. The molecule has 0 saturated heterocycles. The summed E-state index contributed by atoms with van der Waals surface area (Å²) in [5.41, 5.74) is 2.96. The lowest BCUT2D eigenvalue weighted by Crippen LogP contribution is -2.13. The molecule has 0 aliphatic rings. The Kier molecular flexibility index (Phi) is 5.04. The van der Waals surface area contributed by atoms with Gasteiger partial charge < -0.3 is 0 Å². The fourth-order valence-electron chi connectivity index (χ4n) is 3.03. The molecule has 6 nitrogen and oxygen atoms in total. The number of anilines is 2. The predicted molar refractivity (Wildman–Crippen MR) is 112 cm³/mol. The molecule has 0 radical (unpaired) electrons. The molecule has 2 aromatic carbocycles. The van der Waals surface area contributed by atoms with E-state index >= 15 is 0 Å². The molecule has 0 fully saturated rings. The van der Waals surface area contributed by atoms with Gasteiger partial charge in [-0.25, -0.2) is 15.0 Å². The molecule has 2 aromatic heterocycles. The van der Waals surface area contributed by atoms with Crippen LogP contribution >= 0.6 is 11.6 Å². The number of hydrogen-bond donors (Lipinski definition) is 2. The number of hydrogen-bond acceptors (Lipinski definition) is 5. The Bertz CT molecular complexity index is 1190. The van der Waals surface area contributed by atoms with Crippen molar-refractivity contribution in [1.29, 1.82) is 0 Å². The van der Waals surface area contributed by atoms with Gasteiger partial charge in [-0.1, -0.05) is 55.3 Å². The average Bonchev–Trinajstić information content (AvgIpc) is 2.68. The second kappa shape index (κ2) is 7.78. The van der Waals surface area contributed by atoms with Gasteiger partial charge in [0.2, 0.25) is 11.9 Å². The number of aromatic nitrogens is 4. The first kappa shape index (κ1) is 18.1. The van der Waals surface area contributed by atoms with Crippen molar-refractivity contribution in [1.82, 2.24) is 19.9 Å². The van der Waals surface area contributed by atoms with Gasteiger partial charge in [-0.3, -0.25) is 15.1 Å². The lowest BCUT2D eigenvalue weighted by molar-refractivity contribution is 0.869. The van der Waals surface area contributed by atoms with Gasteiger partial charge >= 0.3 is 0 Å². The summed E-state index contributed by atoms with van der Waals surface area (Å²) < 4.78 is 0. The maximum Gasteiger partial charge on any atom is 0.252 e. The first-order chi connectivity index (χ1) is 13.6. The van der Waals surface area contributed by atoms with Crippen molar-refractivity contribution in [3.63, 3.8) is 0 Å². The number of nitrogens with zero attached hydrogens (tertiary/aromatic N) is 3. The maximum absolute atomic E-state index is 11.9. The number of aryl methyl sites for hydroxylation is 1. The number of fused-ring (bicyclic) bond motifs is 1. The lowest BCUT2D eigenvalue weighted by atomic mass is 10.1. The van der Waals surface area contributed by atoms with Crippen LogP contribution in [-0.4, -0.2) is 19.9 Å². The van der Waals surface area contributed by atoms with Crippen molar-refractivity contribution in [2.45, 2.75) is 19.8 Å². The monoisotopic (exact) mass is 391 g/mol. The molecule has 140 valence electrons. The molecule has 0 unspecified atom stereocenters. The minimum Gasteiger partial charge on any atom is -0.294 e. The van der Waals surface area contributed by atoms with Crippen LogP contribution in [0.25, 0.3) is 22.2 Å². The summed E-state index contributed by atoms with van der Waals surface area (Å²) in [5.74, 6) is 0.675. The smallest absolute Gasteiger partial charge is 0.252 e. The molecule has 7 heteroatoms. The van der Waals surface area contributed by atoms with Gasteiger partial charge in [0, 0.05) is 27.7 Å². The minimum absolute atomic E-state index is 0.211. The molecule has 0 spiro atoms. The topological polar surface area (TPSA) is 83.6 Å². The summed E-state index contributed by atoms with van der Waals surface area (Å²) in [5, 5.41) is 4.51. The number of benzene rings is 2. The Labute approximate surface area is 166 Å². The van der Waals surface area contributed by atoms with Crippen LogP contribution in [0.5, 0.6) is 0 Å². The van der Waals surface area contributed by atoms with Crippen molar-refractivity contribution < 1.29 is 0 Å². The molecule has 0 saturated carbocycles. The highest BCUT2D eigenvalue weighted by Gasteiger charge is 2.12. The summed E-state index contributed by atoms with van der Waals surface area (Å²) >= 11 is 6.19. The van der Waals surface area contributed by atoms with Crippen LogP contribution < -0.4 is 10.9 Å². The number of H-pyrrole nitrogens is 1. The molecular formula is C21H18ClN5O. The van der Waals surface area contributed by atoms with Crippen LogP contribution in [0.2, 0.25) is 5.02 Å². The van der Waals surface area contributed by atoms with Crippen molar-refractivity contribution in [3.8, 4) is 11.3 Å². The van der Waals surface area contributed by atoms with E-state index in [2.05, 4.69) is 25.3 Å². The summed E-state index contributed by atoms with van der Waals surface area (Å²) in [7, 11) is 0. The lowest BCUT2D eigenvalue weighted by Gasteiger charge is -2.11. The van der Waals surface area contributed by atoms with Crippen molar-refractivity contribution in [2.24, 2.45) is 0 Å². The Balaban J connectivity index is 1.83. The highest BCUT2D eigenvalue weighted by atomic mass is 35.5. The third kappa shape index (κ3) is 3.87. The van der Waals surface area contributed by atoms with Gasteiger partial charge in [0.1, 0.15) is 0 Å². The summed E-state index contributed by atoms with van der Waals surface area (Å²) in [6.07, 6.45) is 1.63. The van der Waals surface area contributed by atoms with E-state index in [4.69, 9.17) is 11.6 Å². The second-order valence-corrected chi connectivity index (χ2v) is 6.82. The standard InChI is InChI=1S/C21H18ClN5O/c1-2-6-15-12-18(28)25-20(23-15)27-21-24-17-10-9-14(22)11-16(17)19(26-21)13-7-4-3-5-8-13/h3-5,7-12H,2,6H2,1H3,(H2,23,24,25,26,27,28). The molecule has 0 amide bonds. The normalized spacial score (nSPS) is 10.9. The molecule has 0 atom stereocenters. The fourth-order valence-corrected chi connectivity index (χ4v) is 3.20. The van der Waals surface area contributed by atoms with Crippen LogP contribution in [0, 0.1) is 0 Å². The van der Waals surface area contributed by atoms with E-state index < -0.39 is 0 Å². The zero-order valence-electron chi connectivity index (χ0n) is 15.2. The summed E-state index contributed by atoms with van der Waals surface area (Å²) in [4.78, 5) is 28.3. The number of aromatic amines is 1. The number of halogens is 1. The van der Waals surface area contributed by atoms with Gasteiger partial charge in [0.15, 0.2) is 0 Å². The molecule has 28 heavy (non-hydrogen) atoms. The second-order valence-electron chi connectivity index (χ2n) is 6.38. The molecule has 2 N–H and O–H groups in total. The van der Waals surface area contributed by atoms with Gasteiger partial charge in [0.25, 0.3) is 5.56 Å². The van der Waals surface area contributed by atoms with Gasteiger partial charge in [-0.2, -0.15) is 0 Å². The average molecular weight is 392 g/mol. The maximum atomic E-state index is 11.9. The fraction of sp³-hybridized carbons (Fsp3) is 0.143. The number of nitrogens with one attached hydrogen (secondary N) is 2. The molecule has 4 rings (SSSR count). The Morgan fingerprint density at radius 1 is 1.04 bits per heavy atom. The molecule has 2 heterocycles. The SMILES string of the molecule is CCCc1cc(=O)[nH]c(Nc2nc(-c3ccccc3)c3cc(Cl)ccc3n2)n1. The van der Waals surface area contributed by atoms with E-state index in [1.54, 1.807) is 6.07 Å². The Hall–Kier alpha value is -3.25. The predicted octanol–water partition coefficient (Wildman–Crippen LogP) is 4.73. The minimum atomic E-state index is -0.211. The highest BCUT2D eigenvalue weighted by Crippen LogP contribution is 2.29. The van der Waals surface area contributed by atoms with Crippen LogP contribution in [0.15, 0.2) is 59.4 Å². The van der Waals surface area contributed by atoms with E-state index in [1.165, 1.54) is 6.07 Å². The van der Waals surface area contributed by atoms with Crippen molar-refractivity contribution >= 4 is 34.4 Å². The van der Waals surface area contributed by atoms with Crippen LogP contribution in [0.1, 0.15) is 19.0 Å². The number of rotatable bonds is 5. The zero-order chi connectivity index (χ0) is 19.5. The van der Waals surface area contributed by atoms with E-state index in [-0.39, 0.29) is 5.56 Å². The molecular weight excluding hydrogens is 374 g/mol. The molecule has 4 aromatic rings. The third-order valence-corrected chi connectivity index (χ3v) is 4.47. The highest BCUT2D eigenvalue weighted by molar-refractivity contribution is 6.31. The van der Waals surface area contributed by atoms with E-state index in [0.29, 0.717) is 16.9 Å². The van der Waals surface area contributed by atoms with E-state index in [0.717, 1.165) is 40.7 Å². The summed E-state index contributed by atoms with van der Waals surface area (Å²) in [6, 6.07) is 16.8. The van der Waals surface area contributed by atoms with Crippen LogP contribution in [0.4, 0.5) is 11.9 Å². The van der Waals surface area contributed by atoms with Crippen molar-refractivity contribution in [2.75, 3.05) is 5.32 Å². The van der Waals surface area contributed by atoms with Crippen LogP contribution in [-0.2, 0) is 6.42 Å². The summed E-state index contributed by atoms with van der Waals surface area (Å²) in [6.45, 7) is 2.04. The van der Waals surface area contributed by atoms with Gasteiger partial charge in [0.05, 0.1) is 11.2 Å². The molecule has 0 aliphatic heterocycles. The Morgan fingerprint density at radius 2 is 1.86 bits per heavy atom. The van der Waals surface area contributed by atoms with E-state index in [1.807, 2.05) is 49.4 Å². The first-order valence-electron chi connectivity index (χ1n) is 9.02. The first-order valence-corrected chi connectivity index (χ1v) is 9.40. The molecule has 0 aliphatic carbocycles. The van der Waals surface area contributed by atoms with E-state index in [9.17, 15) is 4.79 Å². The van der Waals surface area contributed by atoms with Gasteiger partial charge in [-0.05, 0) is 24.6 Å². The zero-order valence-corrected chi connectivity index (χ0v) is 16.0. The van der Waals surface area contributed by atoms with Gasteiger partial charge in [-0.15, -0.1) is 0 Å². The molecule has 0 bridgehead atoms. The third-order valence-electron chi connectivity index (χ3n) is 4.24. The quantitative estimate of drug-likeness (QED) is 0.513. The largest absolute Gasteiger partial charge is 0.294 e. The van der Waals surface area contributed by atoms with Crippen LogP contribution in [0.3, 0.4) is 0 Å². The van der Waals surface area contributed by atoms with Crippen molar-refractivity contribution in [3.05, 3.63) is 75.7 Å².